The van der Waals surface area contributed by atoms with Gasteiger partial charge in [0, 0.05) is 0 Å². The molecule has 0 amide bonds. The Bertz CT molecular complexity index is 31.3. The first-order valence-electron chi connectivity index (χ1n) is 1.10. The van der Waals surface area contributed by atoms with E-state index in [1.54, 1.807) is 0 Å². The Morgan fingerprint density at radius 1 is 0.455 bits per heavy atom. The van der Waals surface area contributed by atoms with Crippen LogP contribution in [0.2, 0.25) is 0 Å². The van der Waals surface area contributed by atoms with Crippen LogP contribution in [0.1, 0.15) is 0 Å². The minimum absolute atomic E-state index is 0. The first kappa shape index (κ1) is 29.2. The first-order valence-corrected chi connectivity index (χ1v) is 5.69. The van der Waals surface area contributed by atoms with Crippen LogP contribution in [-0.2, 0) is 58.4 Å². The average Bonchev–Trinajstić information content (AvgIpc) is 1.25. The molecule has 0 aromatic carbocycles. The van der Waals surface area contributed by atoms with Crippen LogP contribution in [0.5, 0.6) is 0 Å². The Morgan fingerprint density at radius 3 is 0.455 bits per heavy atom. The Labute approximate surface area is 113 Å². The quantitative estimate of drug-likeness (QED) is 0.342. The van der Waals surface area contributed by atoms with Crippen molar-refractivity contribution >= 4 is 31.4 Å². The average molecular weight is 442 g/mol. The van der Waals surface area contributed by atoms with Crippen molar-refractivity contribution in [3.8, 4) is 0 Å². The third-order valence-corrected chi connectivity index (χ3v) is 0. The van der Waals surface area contributed by atoms with Gasteiger partial charge in [0.25, 0.3) is 0 Å². The molecule has 0 unspecified atom stereocenters. The number of rotatable bonds is 0. The molecule has 0 aromatic rings. The van der Waals surface area contributed by atoms with Crippen LogP contribution < -0.4 is 24.6 Å². The molecule has 6 nitrogen and oxygen atoms in total. The van der Waals surface area contributed by atoms with Crippen molar-refractivity contribution in [1.82, 2.24) is 0 Å². The van der Waals surface area contributed by atoms with Gasteiger partial charge in [0.1, 0.15) is 0 Å². The summed E-state index contributed by atoms with van der Waals surface area (Å²) >= 11 is -7.88. The summed E-state index contributed by atoms with van der Waals surface area (Å²) in [7, 11) is 0. The molecule has 0 fully saturated rings. The van der Waals surface area contributed by atoms with Gasteiger partial charge in [0.2, 0.25) is 0 Å². The summed E-state index contributed by atoms with van der Waals surface area (Å²) in [6, 6.07) is 0. The van der Waals surface area contributed by atoms with Crippen LogP contribution in [0.25, 0.3) is 0 Å². The third kappa shape index (κ3) is 195. The Morgan fingerprint density at radius 2 is 0.455 bits per heavy atom. The van der Waals surface area contributed by atoms with E-state index in [1.165, 1.54) is 0 Å². The van der Waals surface area contributed by atoms with Crippen LogP contribution in [0, 0.1) is 0 Å². The Hall–Kier alpha value is 2.75. The molecule has 0 spiro atoms. The van der Waals surface area contributed by atoms with Crippen LogP contribution in [0.3, 0.4) is 0 Å². The Kier molecular flexibility index (Phi) is 61.0. The van der Waals surface area contributed by atoms with E-state index in [-0.39, 0.29) is 58.4 Å². The van der Waals surface area contributed by atoms with Gasteiger partial charge >= 0.3 is 114 Å². The summed E-state index contributed by atoms with van der Waals surface area (Å²) in [5, 5.41) is 0. The molecule has 0 aliphatic carbocycles. The van der Waals surface area contributed by atoms with Crippen LogP contribution in [-0.4, -0.2) is 31.4 Å². The molecule has 11 heavy (non-hydrogen) atoms. The fraction of sp³-hybridized carbons (Fsp3) is 0. The number of hydrogen-bond acceptors (Lipinski definition) is 6. The van der Waals surface area contributed by atoms with E-state index in [0.717, 1.165) is 0 Å². The van der Waals surface area contributed by atoms with Gasteiger partial charge in [-0.05, 0) is 0 Å². The van der Waals surface area contributed by atoms with E-state index in [1.807, 2.05) is 0 Å². The second kappa shape index (κ2) is 23.0. The predicted octanol–water partition coefficient (Wildman–Crippen LogP) is -7.90. The molecule has 11 heteroatoms. The molecule has 0 aliphatic rings. The summed E-state index contributed by atoms with van der Waals surface area (Å²) in [6.45, 7) is 0. The molecule has 52 valence electrons. The zero-order valence-electron chi connectivity index (χ0n) is 5.47. The fourth-order valence-corrected chi connectivity index (χ4v) is 0. The van der Waals surface area contributed by atoms with E-state index in [2.05, 4.69) is 0 Å². The molecular weight excluding hydrogens is 442 g/mol. The SMILES string of the molecule is [O-][As]([O-])[O-].[O-][As]([O-])[O-].[Zn+2].[Zn+2].[Zn+2]. The molecule has 0 aliphatic heterocycles. The van der Waals surface area contributed by atoms with E-state index in [0.29, 0.717) is 0 Å². The van der Waals surface area contributed by atoms with Gasteiger partial charge in [-0.1, -0.05) is 0 Å². The minimum atomic E-state index is -3.94. The van der Waals surface area contributed by atoms with Crippen molar-refractivity contribution in [2.75, 3.05) is 0 Å². The second-order valence-corrected chi connectivity index (χ2v) is 2.32. The van der Waals surface area contributed by atoms with Crippen molar-refractivity contribution in [3.63, 3.8) is 0 Å². The molecule has 0 heterocycles. The molecule has 0 radical (unpaired) electrons. The summed E-state index contributed by atoms with van der Waals surface area (Å²) in [4.78, 5) is 0. The maximum atomic E-state index is 8.56. The molecule has 0 aromatic heterocycles. The molecule has 0 atom stereocenters. The molecular formula is As2O6Zn3. The summed E-state index contributed by atoms with van der Waals surface area (Å²) in [5.74, 6) is 0. The molecule has 0 saturated heterocycles. The summed E-state index contributed by atoms with van der Waals surface area (Å²) < 4.78 is 51.4. The third-order valence-electron chi connectivity index (χ3n) is 0. The van der Waals surface area contributed by atoms with Gasteiger partial charge in [-0.2, -0.15) is 0 Å². The van der Waals surface area contributed by atoms with Crippen LogP contribution in [0.15, 0.2) is 0 Å². The zero-order chi connectivity index (χ0) is 7.15. The standard InChI is InChI=1S/2AsO3.3Zn/c2*2-1(3)4;;;/q2*-3;3*+2. The van der Waals surface area contributed by atoms with Crippen molar-refractivity contribution in [1.29, 1.82) is 0 Å². The predicted molar refractivity (Wildman–Crippen MR) is 11.5 cm³/mol. The maximum Gasteiger partial charge on any atom is 2.00 e. The topological polar surface area (TPSA) is 138 Å². The van der Waals surface area contributed by atoms with Crippen molar-refractivity contribution in [3.05, 3.63) is 0 Å². The van der Waals surface area contributed by atoms with Gasteiger partial charge in [0.15, 0.2) is 0 Å². The van der Waals surface area contributed by atoms with E-state index < -0.39 is 31.4 Å². The molecule has 0 rings (SSSR count). The smallest absolute Gasteiger partial charge is 2.00 e. The van der Waals surface area contributed by atoms with Crippen LogP contribution in [0.4, 0.5) is 0 Å². The first-order chi connectivity index (χ1) is 3.46. The summed E-state index contributed by atoms with van der Waals surface area (Å²) in [5.41, 5.74) is 0. The molecule has 0 N–H and O–H groups in total. The minimum Gasteiger partial charge on any atom is 2.00 e. The summed E-state index contributed by atoms with van der Waals surface area (Å²) in [6.07, 6.45) is 0. The normalized spacial score (nSPS) is 6.55. The zero-order valence-corrected chi connectivity index (χ0v) is 18.1. The monoisotopic (exact) mass is 438 g/mol. The molecule has 0 saturated carbocycles. The van der Waals surface area contributed by atoms with Gasteiger partial charge in [-0.3, -0.25) is 0 Å². The Balaban J connectivity index is -0.0000000171. The fourth-order valence-electron chi connectivity index (χ4n) is 0. The maximum absolute atomic E-state index is 8.56. The van der Waals surface area contributed by atoms with Crippen molar-refractivity contribution in [2.24, 2.45) is 0 Å². The van der Waals surface area contributed by atoms with Crippen molar-refractivity contribution < 1.29 is 83.0 Å². The number of hydrogen-bond donors (Lipinski definition) is 0. The van der Waals surface area contributed by atoms with Gasteiger partial charge in [-0.15, -0.1) is 0 Å². The van der Waals surface area contributed by atoms with Crippen LogP contribution >= 0.6 is 0 Å². The van der Waals surface area contributed by atoms with Crippen molar-refractivity contribution in [2.45, 2.75) is 0 Å². The van der Waals surface area contributed by atoms with Gasteiger partial charge < -0.3 is 0 Å². The second-order valence-electron chi connectivity index (χ2n) is 0.447. The largest absolute Gasteiger partial charge is 2.00 e. The van der Waals surface area contributed by atoms with Gasteiger partial charge in [0.05, 0.1) is 0 Å². The van der Waals surface area contributed by atoms with E-state index >= 15 is 0 Å². The van der Waals surface area contributed by atoms with E-state index in [9.17, 15) is 0 Å². The van der Waals surface area contributed by atoms with E-state index in [4.69, 9.17) is 24.6 Å². The van der Waals surface area contributed by atoms with Gasteiger partial charge in [-0.25, -0.2) is 0 Å². The molecule has 0 bridgehead atoms.